The Labute approximate surface area is 104 Å². The molecule has 3 N–H and O–H groups in total. The minimum Gasteiger partial charge on any atom is -0.384 e. The van der Waals surface area contributed by atoms with Gasteiger partial charge >= 0.3 is 0 Å². The van der Waals surface area contributed by atoms with Gasteiger partial charge in [-0.05, 0) is 44.0 Å². The first-order valence-electron chi connectivity index (χ1n) is 6.30. The van der Waals surface area contributed by atoms with Gasteiger partial charge in [0, 0.05) is 24.3 Å². The van der Waals surface area contributed by atoms with Gasteiger partial charge in [-0.1, -0.05) is 13.3 Å². The van der Waals surface area contributed by atoms with Crippen molar-refractivity contribution in [3.05, 3.63) is 29.3 Å². The Morgan fingerprint density at radius 3 is 2.53 bits per heavy atom. The number of nitrogen functional groups attached to an aromatic ring is 1. The van der Waals surface area contributed by atoms with Crippen molar-refractivity contribution in [2.24, 2.45) is 5.73 Å². The van der Waals surface area contributed by atoms with Crippen LogP contribution < -0.4 is 10.6 Å². The van der Waals surface area contributed by atoms with Crippen LogP contribution in [0.2, 0.25) is 0 Å². The summed E-state index contributed by atoms with van der Waals surface area (Å²) >= 11 is 0. The molecule has 3 heteroatoms. The van der Waals surface area contributed by atoms with Crippen LogP contribution in [-0.4, -0.2) is 18.9 Å². The van der Waals surface area contributed by atoms with Gasteiger partial charge < -0.3 is 10.6 Å². The van der Waals surface area contributed by atoms with Gasteiger partial charge in [-0.2, -0.15) is 0 Å². The van der Waals surface area contributed by atoms with Crippen molar-refractivity contribution in [1.82, 2.24) is 0 Å². The summed E-state index contributed by atoms with van der Waals surface area (Å²) in [5, 5.41) is 7.47. The lowest BCUT2D eigenvalue weighted by atomic mass is 10.1. The second-order valence-corrected chi connectivity index (χ2v) is 4.35. The molecule has 0 spiro atoms. The van der Waals surface area contributed by atoms with E-state index in [9.17, 15) is 0 Å². The molecule has 0 amide bonds. The predicted octanol–water partition coefficient (Wildman–Crippen LogP) is 2.91. The third kappa shape index (κ3) is 3.48. The Bertz CT molecular complexity index is 385. The van der Waals surface area contributed by atoms with Crippen molar-refractivity contribution >= 4 is 11.5 Å². The average Bonchev–Trinajstić information content (AvgIpc) is 2.29. The highest BCUT2D eigenvalue weighted by molar-refractivity contribution is 5.96. The molecular formula is C14H23N3. The lowest BCUT2D eigenvalue weighted by Crippen LogP contribution is -2.24. The van der Waals surface area contributed by atoms with Crippen LogP contribution in [0.1, 0.15) is 37.8 Å². The van der Waals surface area contributed by atoms with Gasteiger partial charge in [0.25, 0.3) is 0 Å². The Morgan fingerprint density at radius 2 is 2.06 bits per heavy atom. The number of aryl methyl sites for hydroxylation is 1. The van der Waals surface area contributed by atoms with Gasteiger partial charge in [0.15, 0.2) is 0 Å². The molecule has 0 saturated heterocycles. The number of benzene rings is 1. The molecule has 0 radical (unpaired) electrons. The number of rotatable bonds is 6. The fourth-order valence-electron chi connectivity index (χ4n) is 1.97. The zero-order valence-corrected chi connectivity index (χ0v) is 11.1. The molecule has 0 unspecified atom stereocenters. The maximum atomic E-state index is 7.47. The third-order valence-corrected chi connectivity index (χ3v) is 3.03. The molecule has 0 saturated carbocycles. The number of hydrogen-bond acceptors (Lipinski definition) is 2. The lowest BCUT2D eigenvalue weighted by molar-refractivity contribution is 0.732. The van der Waals surface area contributed by atoms with Gasteiger partial charge in [0.2, 0.25) is 0 Å². The summed E-state index contributed by atoms with van der Waals surface area (Å²) in [5.41, 5.74) is 8.66. The molecule has 3 nitrogen and oxygen atoms in total. The Hall–Kier alpha value is -1.51. The Kier molecular flexibility index (Phi) is 5.01. The second kappa shape index (κ2) is 6.28. The molecule has 0 bridgehead atoms. The zero-order valence-electron chi connectivity index (χ0n) is 11.1. The minimum atomic E-state index is 0.144. The molecule has 0 aliphatic rings. The van der Waals surface area contributed by atoms with Crippen LogP contribution in [-0.2, 0) is 0 Å². The molecule has 0 atom stereocenters. The van der Waals surface area contributed by atoms with Crippen molar-refractivity contribution in [1.29, 1.82) is 5.41 Å². The first-order valence-corrected chi connectivity index (χ1v) is 6.30. The topological polar surface area (TPSA) is 53.1 Å². The van der Waals surface area contributed by atoms with E-state index in [1.54, 1.807) is 0 Å². The van der Waals surface area contributed by atoms with Gasteiger partial charge in [-0.25, -0.2) is 0 Å². The average molecular weight is 233 g/mol. The van der Waals surface area contributed by atoms with Crippen LogP contribution in [0.3, 0.4) is 0 Å². The summed E-state index contributed by atoms with van der Waals surface area (Å²) < 4.78 is 0. The van der Waals surface area contributed by atoms with E-state index in [-0.39, 0.29) is 5.84 Å². The molecule has 17 heavy (non-hydrogen) atoms. The SMILES string of the molecule is CCCCN(CC)c1ccc(C(=N)N)c(C)c1. The maximum absolute atomic E-state index is 7.47. The summed E-state index contributed by atoms with van der Waals surface area (Å²) in [6.45, 7) is 8.49. The number of anilines is 1. The molecule has 94 valence electrons. The molecular weight excluding hydrogens is 210 g/mol. The van der Waals surface area contributed by atoms with Gasteiger partial charge in [0.1, 0.15) is 5.84 Å². The Morgan fingerprint density at radius 1 is 1.35 bits per heavy atom. The third-order valence-electron chi connectivity index (χ3n) is 3.03. The monoisotopic (exact) mass is 233 g/mol. The fourth-order valence-corrected chi connectivity index (χ4v) is 1.97. The van der Waals surface area contributed by atoms with Crippen molar-refractivity contribution < 1.29 is 0 Å². The first-order chi connectivity index (χ1) is 8.10. The van der Waals surface area contributed by atoms with Crippen LogP contribution >= 0.6 is 0 Å². The normalized spacial score (nSPS) is 10.3. The predicted molar refractivity (Wildman–Crippen MR) is 75.0 cm³/mol. The van der Waals surface area contributed by atoms with E-state index in [1.165, 1.54) is 18.5 Å². The summed E-state index contributed by atoms with van der Waals surface area (Å²) in [4.78, 5) is 2.36. The lowest BCUT2D eigenvalue weighted by Gasteiger charge is -2.23. The fraction of sp³-hybridized carbons (Fsp3) is 0.500. The molecule has 0 aliphatic heterocycles. The van der Waals surface area contributed by atoms with E-state index in [2.05, 4.69) is 30.9 Å². The van der Waals surface area contributed by atoms with E-state index >= 15 is 0 Å². The van der Waals surface area contributed by atoms with Crippen molar-refractivity contribution in [2.75, 3.05) is 18.0 Å². The van der Waals surface area contributed by atoms with E-state index in [0.29, 0.717) is 0 Å². The summed E-state index contributed by atoms with van der Waals surface area (Å²) in [6, 6.07) is 6.13. The number of nitrogens with two attached hydrogens (primary N) is 1. The van der Waals surface area contributed by atoms with E-state index < -0.39 is 0 Å². The standard InChI is InChI=1S/C14H23N3/c1-4-6-9-17(5-2)12-7-8-13(14(15)16)11(3)10-12/h7-8,10H,4-6,9H2,1-3H3,(H3,15,16). The van der Waals surface area contributed by atoms with E-state index in [1.807, 2.05) is 13.0 Å². The van der Waals surface area contributed by atoms with Gasteiger partial charge in [-0.3, -0.25) is 5.41 Å². The first kappa shape index (κ1) is 13.6. The molecule has 0 fully saturated rings. The zero-order chi connectivity index (χ0) is 12.8. The smallest absolute Gasteiger partial charge is 0.123 e. The molecule has 1 aromatic rings. The van der Waals surface area contributed by atoms with Gasteiger partial charge in [0.05, 0.1) is 0 Å². The minimum absolute atomic E-state index is 0.144. The van der Waals surface area contributed by atoms with Crippen molar-refractivity contribution in [3.63, 3.8) is 0 Å². The van der Waals surface area contributed by atoms with Crippen LogP contribution in [0, 0.1) is 12.3 Å². The highest BCUT2D eigenvalue weighted by Crippen LogP contribution is 2.19. The molecule has 1 rings (SSSR count). The van der Waals surface area contributed by atoms with Crippen LogP contribution in [0.5, 0.6) is 0 Å². The van der Waals surface area contributed by atoms with Crippen LogP contribution in [0.4, 0.5) is 5.69 Å². The number of nitrogens with one attached hydrogen (secondary N) is 1. The molecule has 0 heterocycles. The maximum Gasteiger partial charge on any atom is 0.123 e. The molecule has 1 aromatic carbocycles. The Balaban J connectivity index is 2.90. The summed E-state index contributed by atoms with van der Waals surface area (Å²) in [5.74, 6) is 0.144. The van der Waals surface area contributed by atoms with Gasteiger partial charge in [-0.15, -0.1) is 0 Å². The van der Waals surface area contributed by atoms with Crippen molar-refractivity contribution in [2.45, 2.75) is 33.6 Å². The number of hydrogen-bond donors (Lipinski definition) is 2. The van der Waals surface area contributed by atoms with Crippen molar-refractivity contribution in [3.8, 4) is 0 Å². The number of unbranched alkanes of at least 4 members (excludes halogenated alkanes) is 1. The summed E-state index contributed by atoms with van der Waals surface area (Å²) in [7, 11) is 0. The van der Waals surface area contributed by atoms with E-state index in [0.717, 1.165) is 24.2 Å². The van der Waals surface area contributed by atoms with Crippen LogP contribution in [0.15, 0.2) is 18.2 Å². The second-order valence-electron chi connectivity index (χ2n) is 4.35. The quantitative estimate of drug-likeness (QED) is 0.586. The van der Waals surface area contributed by atoms with E-state index in [4.69, 9.17) is 11.1 Å². The highest BCUT2D eigenvalue weighted by atomic mass is 15.1. The largest absolute Gasteiger partial charge is 0.384 e. The molecule has 0 aromatic heterocycles. The van der Waals surface area contributed by atoms with Crippen LogP contribution in [0.25, 0.3) is 0 Å². The number of amidine groups is 1. The summed E-state index contributed by atoms with van der Waals surface area (Å²) in [6.07, 6.45) is 2.42. The number of nitrogens with zero attached hydrogens (tertiary/aromatic N) is 1. The molecule has 0 aliphatic carbocycles. The highest BCUT2D eigenvalue weighted by Gasteiger charge is 2.07.